The van der Waals surface area contributed by atoms with E-state index in [-0.39, 0.29) is 6.10 Å². The summed E-state index contributed by atoms with van der Waals surface area (Å²) in [6.45, 7) is -0.642. The molecular formula is C15H20FeO. The second kappa shape index (κ2) is 0.553. The van der Waals surface area contributed by atoms with Crippen LogP contribution in [0.25, 0.3) is 0 Å². The first-order valence-electron chi connectivity index (χ1n) is 7.92. The summed E-state index contributed by atoms with van der Waals surface area (Å²) < 4.78 is 0.758. The van der Waals surface area contributed by atoms with Gasteiger partial charge in [-0.1, -0.05) is 0 Å². The molecule has 10 aliphatic rings. The maximum atomic E-state index is 11.0. The standard InChI is InChI=1S/C10H15O.C5H5.Fe/c1-2-3-8-10(11)9-6-4-5-7-9;1-2-4-5-3-1;/h4-7,10-11H,2-3,8H2,1H3;1-5H;. The Hall–Kier alpha value is 0.479. The van der Waals surface area contributed by atoms with Crippen LogP contribution in [0.3, 0.4) is 0 Å². The zero-order valence-electron chi connectivity index (χ0n) is 10.2. The van der Waals surface area contributed by atoms with E-state index in [1.165, 1.54) is 62.6 Å². The predicted molar refractivity (Wildman–Crippen MR) is 62.0 cm³/mol. The van der Waals surface area contributed by atoms with E-state index < -0.39 is 6.51 Å². The molecule has 10 aliphatic heterocycles. The van der Waals surface area contributed by atoms with Crippen molar-refractivity contribution in [1.82, 2.24) is 0 Å². The van der Waals surface area contributed by atoms with Crippen molar-refractivity contribution in [3.63, 3.8) is 0 Å². The molecule has 1 spiro atoms. The van der Waals surface area contributed by atoms with Gasteiger partial charge in [0.15, 0.2) is 0 Å². The van der Waals surface area contributed by atoms with Crippen LogP contribution in [0.5, 0.6) is 0 Å². The molecule has 1 nitrogen and oxygen atoms in total. The van der Waals surface area contributed by atoms with Gasteiger partial charge in [0, 0.05) is 0 Å². The van der Waals surface area contributed by atoms with Gasteiger partial charge in [0.1, 0.15) is 0 Å². The zero-order chi connectivity index (χ0) is 10.7. The molecule has 0 aromatic heterocycles. The summed E-state index contributed by atoms with van der Waals surface area (Å²) in [5, 5.41) is 11.0. The minimum absolute atomic E-state index is 0.205. The fourth-order valence-corrected chi connectivity index (χ4v) is 93.0. The Morgan fingerprint density at radius 2 is 1.53 bits per heavy atom. The number of rotatable bonds is 4. The summed E-state index contributed by atoms with van der Waals surface area (Å²) in [7, 11) is 0. The molecule has 94 valence electrons. The van der Waals surface area contributed by atoms with Gasteiger partial charge in [-0.2, -0.15) is 0 Å². The Morgan fingerprint density at radius 3 is 1.82 bits per heavy atom. The van der Waals surface area contributed by atoms with Crippen LogP contribution in [0, 0.1) is 0 Å². The summed E-state index contributed by atoms with van der Waals surface area (Å²) in [4.78, 5) is 12.3. The molecule has 5 atom stereocenters. The van der Waals surface area contributed by atoms with Gasteiger partial charge in [-0.25, -0.2) is 0 Å². The first-order chi connectivity index (χ1) is 8.03. The molecule has 10 saturated heterocycles. The van der Waals surface area contributed by atoms with Crippen LogP contribution >= 0.6 is 0 Å². The van der Waals surface area contributed by atoms with Crippen LogP contribution in [0.2, 0.25) is 47.7 Å². The number of hydrogen-bond acceptors (Lipinski definition) is 1. The van der Waals surface area contributed by atoms with Crippen LogP contribution in [0.4, 0.5) is 0 Å². The number of fused-ring (bicyclic) bond motifs is 10. The van der Waals surface area contributed by atoms with Gasteiger partial charge >= 0.3 is 91.6 Å². The van der Waals surface area contributed by atoms with Crippen molar-refractivity contribution in [1.29, 1.82) is 0 Å². The van der Waals surface area contributed by atoms with Crippen LogP contribution in [-0.2, 0) is 6.51 Å². The molecule has 0 aromatic carbocycles. The van der Waals surface area contributed by atoms with Crippen molar-refractivity contribution < 1.29 is 11.6 Å². The molecular weight excluding hydrogens is 252 g/mol. The molecule has 2 heteroatoms. The number of hydrogen-bond donors (Lipinski definition) is 1. The molecule has 10 heterocycles. The van der Waals surface area contributed by atoms with Gasteiger partial charge < -0.3 is 0 Å². The summed E-state index contributed by atoms with van der Waals surface area (Å²) in [6.07, 6.45) is 3.96. The predicted octanol–water partition coefficient (Wildman–Crippen LogP) is 4.30. The van der Waals surface area contributed by atoms with E-state index in [0.717, 1.165) is 4.31 Å². The van der Waals surface area contributed by atoms with E-state index in [1.54, 1.807) is 0 Å². The van der Waals surface area contributed by atoms with Crippen molar-refractivity contribution in [2.75, 3.05) is 0 Å². The SMILES string of the molecule is CCCCC(O)[C]12[CH]3[CH]4[CH]5[CH]1[Fe]45321678[CH]2[CH]1[CH]6[CH]7[CH]28. The molecule has 10 fully saturated rings. The van der Waals surface area contributed by atoms with Crippen molar-refractivity contribution in [2.24, 2.45) is 0 Å². The van der Waals surface area contributed by atoms with Gasteiger partial charge in [-0.05, 0) is 0 Å². The fraction of sp³-hybridized carbons (Fsp3) is 1.00. The number of aliphatic hydroxyl groups excluding tert-OH is 1. The van der Waals surface area contributed by atoms with E-state index in [0.29, 0.717) is 0 Å². The van der Waals surface area contributed by atoms with E-state index in [9.17, 15) is 5.11 Å². The Balaban J connectivity index is 1.45. The average molecular weight is 272 g/mol. The summed E-state index contributed by atoms with van der Waals surface area (Å²) in [5.41, 5.74) is 0. The van der Waals surface area contributed by atoms with Gasteiger partial charge in [0.25, 0.3) is 0 Å². The number of aliphatic hydroxyl groups is 1. The summed E-state index contributed by atoms with van der Waals surface area (Å²) >= 11 is 0. The van der Waals surface area contributed by atoms with E-state index in [4.69, 9.17) is 0 Å². The van der Waals surface area contributed by atoms with Gasteiger partial charge in [0.2, 0.25) is 0 Å². The van der Waals surface area contributed by atoms with Crippen LogP contribution < -0.4 is 0 Å². The fourth-order valence-electron chi connectivity index (χ4n) is 17.9. The third-order valence-corrected chi connectivity index (χ3v) is 58.8. The van der Waals surface area contributed by atoms with Crippen molar-refractivity contribution >= 4 is 0 Å². The maximum absolute atomic E-state index is 11.0. The average Bonchev–Trinajstić information content (AvgIpc) is 3.28. The molecule has 0 amide bonds. The minimum atomic E-state index is -2.92. The molecule has 0 radical (unpaired) electrons. The van der Waals surface area contributed by atoms with E-state index >= 15 is 0 Å². The Labute approximate surface area is 91.6 Å². The molecule has 0 aromatic rings. The third-order valence-electron chi connectivity index (χ3n) is 16.1. The first-order valence-corrected chi connectivity index (χ1v) is 14.2. The molecule has 0 bridgehead atoms. The second-order valence-corrected chi connectivity index (χ2v) is 35.0. The van der Waals surface area contributed by atoms with Gasteiger partial charge in [-0.15, -0.1) is 0 Å². The Morgan fingerprint density at radius 1 is 1.00 bits per heavy atom. The summed E-state index contributed by atoms with van der Waals surface area (Å²) in [6, 6.07) is 0. The van der Waals surface area contributed by atoms with Gasteiger partial charge in [-0.3, -0.25) is 0 Å². The first kappa shape index (κ1) is 6.77. The van der Waals surface area contributed by atoms with Crippen molar-refractivity contribution in [3.8, 4) is 0 Å². The monoisotopic (exact) mass is 272 g/mol. The topological polar surface area (TPSA) is 20.2 Å². The van der Waals surface area contributed by atoms with E-state index in [1.807, 2.05) is 0 Å². The molecule has 0 saturated carbocycles. The third kappa shape index (κ3) is 0.0692. The van der Waals surface area contributed by atoms with Crippen molar-refractivity contribution in [3.05, 3.63) is 0 Å². The van der Waals surface area contributed by atoms with Gasteiger partial charge in [0.05, 0.1) is 0 Å². The molecule has 0 aliphatic carbocycles. The van der Waals surface area contributed by atoms with Crippen LogP contribution in [-0.4, -0.2) is 11.2 Å². The molecule has 1 N–H and O–H groups in total. The van der Waals surface area contributed by atoms with Crippen LogP contribution in [0.15, 0.2) is 0 Å². The van der Waals surface area contributed by atoms with Crippen LogP contribution in [0.1, 0.15) is 26.2 Å². The number of unbranched alkanes of at least 4 members (excludes halogenated alkanes) is 1. The van der Waals surface area contributed by atoms with E-state index in [2.05, 4.69) is 6.92 Å². The molecule has 10 rings (SSSR count). The summed E-state index contributed by atoms with van der Waals surface area (Å²) in [5.74, 6) is 0. The van der Waals surface area contributed by atoms with Crippen molar-refractivity contribution in [2.45, 2.75) is 80.0 Å². The molecule has 5 unspecified atom stereocenters. The Bertz CT molecular complexity index is 849. The Kier molecular flexibility index (Phi) is 0.220. The normalized spacial score (nSPS) is 121. The molecule has 17 heavy (non-hydrogen) atoms. The second-order valence-electron chi connectivity index (χ2n) is 11.4. The zero-order valence-corrected chi connectivity index (χ0v) is 11.3. The quantitative estimate of drug-likeness (QED) is 0.756.